The second kappa shape index (κ2) is 4.64. The molecule has 0 saturated heterocycles. The van der Waals surface area contributed by atoms with E-state index in [1.807, 2.05) is 19.1 Å². The molecule has 1 aromatic rings. The van der Waals surface area contributed by atoms with Gasteiger partial charge in [0, 0.05) is 6.54 Å². The standard InChI is InChI=1S/C12H20N2O/c1-4-9-7-10(12(2,14)8-13)5-6-11(9)15-3/h5-7H,4,8,13-14H2,1-3H3. The smallest absolute Gasteiger partial charge is 0.122 e. The molecule has 1 atom stereocenters. The van der Waals surface area contributed by atoms with Gasteiger partial charge in [0.1, 0.15) is 5.75 Å². The molecule has 3 nitrogen and oxygen atoms in total. The van der Waals surface area contributed by atoms with Crippen molar-refractivity contribution in [2.45, 2.75) is 25.8 Å². The van der Waals surface area contributed by atoms with Gasteiger partial charge in [-0.05, 0) is 30.5 Å². The Morgan fingerprint density at radius 2 is 2.07 bits per heavy atom. The van der Waals surface area contributed by atoms with Crippen molar-refractivity contribution in [2.24, 2.45) is 11.5 Å². The van der Waals surface area contributed by atoms with Gasteiger partial charge in [0.2, 0.25) is 0 Å². The summed E-state index contributed by atoms with van der Waals surface area (Å²) in [5.74, 6) is 0.911. The molecule has 0 aliphatic rings. The molecule has 4 N–H and O–H groups in total. The molecule has 0 aromatic heterocycles. The maximum atomic E-state index is 6.09. The third-order valence-electron chi connectivity index (χ3n) is 2.74. The van der Waals surface area contributed by atoms with Crippen LogP contribution in [0.4, 0.5) is 0 Å². The maximum absolute atomic E-state index is 6.09. The largest absolute Gasteiger partial charge is 0.496 e. The van der Waals surface area contributed by atoms with Crippen LogP contribution in [0.1, 0.15) is 25.0 Å². The summed E-state index contributed by atoms with van der Waals surface area (Å²) in [6, 6.07) is 6.01. The Hall–Kier alpha value is -1.06. The fourth-order valence-electron chi connectivity index (χ4n) is 1.53. The van der Waals surface area contributed by atoms with Crippen molar-refractivity contribution in [1.29, 1.82) is 0 Å². The molecule has 0 aliphatic carbocycles. The van der Waals surface area contributed by atoms with Crippen LogP contribution in [0.5, 0.6) is 5.75 Å². The third-order valence-corrected chi connectivity index (χ3v) is 2.74. The van der Waals surface area contributed by atoms with E-state index in [0.717, 1.165) is 17.7 Å². The summed E-state index contributed by atoms with van der Waals surface area (Å²) >= 11 is 0. The van der Waals surface area contributed by atoms with Gasteiger partial charge >= 0.3 is 0 Å². The predicted molar refractivity (Wildman–Crippen MR) is 63.0 cm³/mol. The van der Waals surface area contributed by atoms with Crippen molar-refractivity contribution >= 4 is 0 Å². The molecule has 15 heavy (non-hydrogen) atoms. The molecular weight excluding hydrogens is 188 g/mol. The SMILES string of the molecule is CCc1cc(C(C)(N)CN)ccc1OC. The lowest BCUT2D eigenvalue weighted by Gasteiger charge is -2.24. The first-order valence-electron chi connectivity index (χ1n) is 5.21. The van der Waals surface area contributed by atoms with E-state index in [1.165, 1.54) is 5.56 Å². The zero-order valence-corrected chi connectivity index (χ0v) is 9.71. The molecule has 1 rings (SSSR count). The van der Waals surface area contributed by atoms with Crippen molar-refractivity contribution in [3.8, 4) is 5.75 Å². The number of ether oxygens (including phenoxy) is 1. The molecule has 0 bridgehead atoms. The number of benzene rings is 1. The highest BCUT2D eigenvalue weighted by molar-refractivity contribution is 5.39. The molecule has 0 amide bonds. The van der Waals surface area contributed by atoms with E-state index < -0.39 is 5.54 Å². The second-order valence-electron chi connectivity index (χ2n) is 4.00. The molecule has 0 spiro atoms. The van der Waals surface area contributed by atoms with Crippen molar-refractivity contribution in [3.63, 3.8) is 0 Å². The van der Waals surface area contributed by atoms with Crippen molar-refractivity contribution in [3.05, 3.63) is 29.3 Å². The maximum Gasteiger partial charge on any atom is 0.122 e. The zero-order chi connectivity index (χ0) is 11.5. The predicted octanol–water partition coefficient (Wildman–Crippen LogP) is 1.39. The van der Waals surface area contributed by atoms with E-state index in [0.29, 0.717) is 6.54 Å². The summed E-state index contributed by atoms with van der Waals surface area (Å²) < 4.78 is 5.27. The number of hydrogen-bond donors (Lipinski definition) is 2. The summed E-state index contributed by atoms with van der Waals surface area (Å²) in [5.41, 5.74) is 13.5. The molecule has 3 heteroatoms. The highest BCUT2D eigenvalue weighted by atomic mass is 16.5. The van der Waals surface area contributed by atoms with Crippen LogP contribution in [0.2, 0.25) is 0 Å². The summed E-state index contributed by atoms with van der Waals surface area (Å²) in [6.45, 7) is 4.47. The van der Waals surface area contributed by atoms with Crippen LogP contribution in [0.25, 0.3) is 0 Å². The van der Waals surface area contributed by atoms with Crippen molar-refractivity contribution in [1.82, 2.24) is 0 Å². The molecule has 1 aromatic carbocycles. The van der Waals surface area contributed by atoms with Crippen molar-refractivity contribution < 1.29 is 4.74 Å². The average Bonchev–Trinajstić information content (AvgIpc) is 2.28. The molecule has 1 unspecified atom stereocenters. The van der Waals surface area contributed by atoms with E-state index in [-0.39, 0.29) is 0 Å². The Morgan fingerprint density at radius 3 is 2.53 bits per heavy atom. The number of aryl methyl sites for hydroxylation is 1. The van der Waals surface area contributed by atoms with Crippen LogP contribution in [0, 0.1) is 0 Å². The van der Waals surface area contributed by atoms with Gasteiger partial charge in [0.05, 0.1) is 12.6 Å². The molecule has 84 valence electrons. The summed E-state index contributed by atoms with van der Waals surface area (Å²) in [6.07, 6.45) is 0.928. The normalized spacial score (nSPS) is 14.7. The minimum absolute atomic E-state index is 0.433. The highest BCUT2D eigenvalue weighted by Crippen LogP contribution is 2.25. The van der Waals surface area contributed by atoms with E-state index in [9.17, 15) is 0 Å². The number of methoxy groups -OCH3 is 1. The Kier molecular flexibility index (Phi) is 3.72. The van der Waals surface area contributed by atoms with Crippen LogP contribution in [-0.4, -0.2) is 13.7 Å². The topological polar surface area (TPSA) is 61.3 Å². The van der Waals surface area contributed by atoms with Gasteiger partial charge in [-0.2, -0.15) is 0 Å². The fourth-order valence-corrected chi connectivity index (χ4v) is 1.53. The average molecular weight is 208 g/mol. The van der Waals surface area contributed by atoms with Gasteiger partial charge in [-0.25, -0.2) is 0 Å². The summed E-state index contributed by atoms with van der Waals surface area (Å²) in [7, 11) is 1.68. The molecule has 0 heterocycles. The molecule has 0 saturated carbocycles. The molecule has 0 radical (unpaired) electrons. The van der Waals surface area contributed by atoms with Crippen LogP contribution >= 0.6 is 0 Å². The second-order valence-corrected chi connectivity index (χ2v) is 4.00. The Bertz CT molecular complexity index is 334. The summed E-state index contributed by atoms with van der Waals surface area (Å²) in [4.78, 5) is 0. The first-order chi connectivity index (χ1) is 7.05. The molecular formula is C12H20N2O. The quantitative estimate of drug-likeness (QED) is 0.786. The Morgan fingerprint density at radius 1 is 1.40 bits per heavy atom. The number of nitrogens with two attached hydrogens (primary N) is 2. The highest BCUT2D eigenvalue weighted by Gasteiger charge is 2.19. The Labute approximate surface area is 91.4 Å². The van der Waals surface area contributed by atoms with Crippen LogP contribution in [0.15, 0.2) is 18.2 Å². The van der Waals surface area contributed by atoms with Gasteiger partial charge < -0.3 is 16.2 Å². The van der Waals surface area contributed by atoms with Gasteiger partial charge in [-0.1, -0.05) is 19.1 Å². The van der Waals surface area contributed by atoms with Gasteiger partial charge in [-0.3, -0.25) is 0 Å². The third kappa shape index (κ3) is 2.49. The molecule has 0 aliphatic heterocycles. The summed E-state index contributed by atoms with van der Waals surface area (Å²) in [5, 5.41) is 0. The molecule has 0 fully saturated rings. The zero-order valence-electron chi connectivity index (χ0n) is 9.71. The first-order valence-corrected chi connectivity index (χ1v) is 5.21. The minimum atomic E-state index is -0.462. The van der Waals surface area contributed by atoms with Gasteiger partial charge in [-0.15, -0.1) is 0 Å². The van der Waals surface area contributed by atoms with E-state index in [2.05, 4.69) is 13.0 Å². The van der Waals surface area contributed by atoms with E-state index in [4.69, 9.17) is 16.2 Å². The number of hydrogen-bond acceptors (Lipinski definition) is 3. The monoisotopic (exact) mass is 208 g/mol. The Balaban J connectivity index is 3.13. The first kappa shape index (κ1) is 12.0. The van der Waals surface area contributed by atoms with Gasteiger partial charge in [0.15, 0.2) is 0 Å². The van der Waals surface area contributed by atoms with Crippen LogP contribution < -0.4 is 16.2 Å². The number of rotatable bonds is 4. The van der Waals surface area contributed by atoms with Gasteiger partial charge in [0.25, 0.3) is 0 Å². The van der Waals surface area contributed by atoms with E-state index >= 15 is 0 Å². The minimum Gasteiger partial charge on any atom is -0.496 e. The lowest BCUT2D eigenvalue weighted by Crippen LogP contribution is -2.40. The van der Waals surface area contributed by atoms with Crippen LogP contribution in [-0.2, 0) is 12.0 Å². The van der Waals surface area contributed by atoms with Crippen LogP contribution in [0.3, 0.4) is 0 Å². The fraction of sp³-hybridized carbons (Fsp3) is 0.500. The lowest BCUT2D eigenvalue weighted by atomic mass is 9.91. The van der Waals surface area contributed by atoms with Crippen molar-refractivity contribution in [2.75, 3.05) is 13.7 Å². The van der Waals surface area contributed by atoms with E-state index in [1.54, 1.807) is 7.11 Å². The lowest BCUT2D eigenvalue weighted by molar-refractivity contribution is 0.409.